The van der Waals surface area contributed by atoms with Crippen molar-refractivity contribution in [3.63, 3.8) is 0 Å². The van der Waals surface area contributed by atoms with Gasteiger partial charge in [0.1, 0.15) is 12.6 Å². The van der Waals surface area contributed by atoms with E-state index < -0.39 is 36.7 Å². The maximum atomic E-state index is 12.6. The highest BCUT2D eigenvalue weighted by atomic mass is 16.6. The molecule has 0 aromatic heterocycles. The number of rotatable bonds is 12. The summed E-state index contributed by atoms with van der Waals surface area (Å²) in [5.41, 5.74) is 1.71. The van der Waals surface area contributed by atoms with Crippen molar-refractivity contribution in [1.29, 1.82) is 0 Å². The van der Waals surface area contributed by atoms with Gasteiger partial charge < -0.3 is 20.1 Å². The molecule has 34 heavy (non-hydrogen) atoms. The molecular formula is C26H32N2O6. The molecule has 0 fully saturated rings. The molecule has 0 saturated heterocycles. The van der Waals surface area contributed by atoms with E-state index in [1.54, 1.807) is 6.92 Å². The molecule has 0 radical (unpaired) electrons. The number of esters is 1. The molecule has 2 aromatic carbocycles. The monoisotopic (exact) mass is 468 g/mol. The van der Waals surface area contributed by atoms with Gasteiger partial charge in [-0.2, -0.15) is 0 Å². The molecule has 0 heterocycles. The number of amides is 2. The molecular weight excluding hydrogens is 436 g/mol. The summed E-state index contributed by atoms with van der Waals surface area (Å²) >= 11 is 0. The summed E-state index contributed by atoms with van der Waals surface area (Å²) in [4.78, 5) is 49.2. The van der Waals surface area contributed by atoms with Crippen LogP contribution in [0.3, 0.4) is 0 Å². The largest absolute Gasteiger partial charge is 0.454 e. The molecule has 8 heteroatoms. The highest BCUT2D eigenvalue weighted by Gasteiger charge is 2.29. The molecule has 0 spiro atoms. The first-order chi connectivity index (χ1) is 16.3. The lowest BCUT2D eigenvalue weighted by Gasteiger charge is -2.22. The molecule has 2 amide bonds. The van der Waals surface area contributed by atoms with E-state index >= 15 is 0 Å². The summed E-state index contributed by atoms with van der Waals surface area (Å²) in [5.74, 6) is -1.80. The third-order valence-corrected chi connectivity index (χ3v) is 5.41. The average Bonchev–Trinajstić information content (AvgIpc) is 2.85. The van der Waals surface area contributed by atoms with Gasteiger partial charge in [0.2, 0.25) is 0 Å². The number of hydrogen-bond donors (Lipinski definition) is 2. The summed E-state index contributed by atoms with van der Waals surface area (Å²) < 4.78 is 10.3. The number of ether oxygens (including phenoxy) is 2. The number of hydrogen-bond acceptors (Lipinski definition) is 6. The number of ketones is 1. The van der Waals surface area contributed by atoms with Crippen molar-refractivity contribution < 1.29 is 28.7 Å². The van der Waals surface area contributed by atoms with Gasteiger partial charge in [0.05, 0.1) is 6.04 Å². The van der Waals surface area contributed by atoms with Gasteiger partial charge in [-0.1, -0.05) is 80.9 Å². The maximum absolute atomic E-state index is 12.6. The Balaban J connectivity index is 1.88. The van der Waals surface area contributed by atoms with Crippen molar-refractivity contribution >= 4 is 23.8 Å². The van der Waals surface area contributed by atoms with Gasteiger partial charge in [0.25, 0.3) is 5.91 Å². The minimum Gasteiger partial charge on any atom is -0.454 e. The second-order valence-electron chi connectivity index (χ2n) is 8.10. The number of alkyl carbamates (subject to hydrolysis) is 1. The van der Waals surface area contributed by atoms with E-state index in [4.69, 9.17) is 9.47 Å². The van der Waals surface area contributed by atoms with Crippen LogP contribution in [0.25, 0.3) is 0 Å². The molecule has 2 N–H and O–H groups in total. The highest BCUT2D eigenvalue weighted by Crippen LogP contribution is 2.11. The first-order valence-corrected chi connectivity index (χ1v) is 11.3. The predicted octanol–water partition coefficient (Wildman–Crippen LogP) is 3.19. The summed E-state index contributed by atoms with van der Waals surface area (Å²) in [6.07, 6.45) is 0.171. The van der Waals surface area contributed by atoms with Crippen LogP contribution in [-0.2, 0) is 36.9 Å². The minimum absolute atomic E-state index is 0.0607. The molecule has 0 bridgehead atoms. The van der Waals surface area contributed by atoms with Crippen LogP contribution >= 0.6 is 0 Å². The van der Waals surface area contributed by atoms with Gasteiger partial charge in [-0.15, -0.1) is 0 Å². The lowest BCUT2D eigenvalue weighted by molar-refractivity contribution is -0.152. The van der Waals surface area contributed by atoms with E-state index in [2.05, 4.69) is 10.6 Å². The molecule has 0 aliphatic rings. The molecule has 3 atom stereocenters. The van der Waals surface area contributed by atoms with Crippen molar-refractivity contribution in [3.05, 3.63) is 71.8 Å². The fourth-order valence-corrected chi connectivity index (χ4v) is 3.17. The van der Waals surface area contributed by atoms with E-state index in [-0.39, 0.29) is 18.3 Å². The van der Waals surface area contributed by atoms with Gasteiger partial charge in [-0.3, -0.25) is 9.59 Å². The van der Waals surface area contributed by atoms with Crippen LogP contribution in [0.15, 0.2) is 60.7 Å². The Morgan fingerprint density at radius 3 is 2.00 bits per heavy atom. The van der Waals surface area contributed by atoms with E-state index in [0.29, 0.717) is 12.8 Å². The zero-order chi connectivity index (χ0) is 24.9. The summed E-state index contributed by atoms with van der Waals surface area (Å²) in [5, 5.41) is 5.14. The Morgan fingerprint density at radius 1 is 0.853 bits per heavy atom. The zero-order valence-electron chi connectivity index (χ0n) is 19.8. The van der Waals surface area contributed by atoms with Crippen molar-refractivity contribution in [1.82, 2.24) is 10.6 Å². The number of carbonyl (C=O) groups excluding carboxylic acids is 4. The van der Waals surface area contributed by atoms with Gasteiger partial charge in [0.15, 0.2) is 12.4 Å². The fraction of sp³-hybridized carbons (Fsp3) is 0.385. The number of benzene rings is 2. The normalized spacial score (nSPS) is 13.1. The van der Waals surface area contributed by atoms with Gasteiger partial charge in [0, 0.05) is 0 Å². The molecule has 0 saturated carbocycles. The Labute approximate surface area is 200 Å². The van der Waals surface area contributed by atoms with E-state index in [0.717, 1.165) is 11.1 Å². The summed E-state index contributed by atoms with van der Waals surface area (Å²) in [6.45, 7) is 4.55. The van der Waals surface area contributed by atoms with Crippen molar-refractivity contribution in [2.75, 3.05) is 6.61 Å². The Morgan fingerprint density at radius 2 is 1.44 bits per heavy atom. The Kier molecular flexibility index (Phi) is 10.8. The van der Waals surface area contributed by atoms with Gasteiger partial charge in [-0.05, 0) is 30.4 Å². The van der Waals surface area contributed by atoms with Gasteiger partial charge in [-0.25, -0.2) is 9.59 Å². The molecule has 0 aliphatic carbocycles. The quantitative estimate of drug-likeness (QED) is 0.463. The summed E-state index contributed by atoms with van der Waals surface area (Å²) in [7, 11) is 0. The van der Waals surface area contributed by atoms with Crippen molar-refractivity contribution in [2.24, 2.45) is 5.92 Å². The SMILES string of the molecule is CC[C@H](C)[C@H](NC(=O)OCc1ccccc1)C(=O)OCC(=O)N[C@@H](Cc1ccccc1)C(C)=O. The number of nitrogens with one attached hydrogen (secondary N) is 2. The Bertz CT molecular complexity index is 948. The maximum Gasteiger partial charge on any atom is 0.408 e. The molecule has 8 nitrogen and oxygen atoms in total. The van der Waals surface area contributed by atoms with Crippen molar-refractivity contribution in [3.8, 4) is 0 Å². The third-order valence-electron chi connectivity index (χ3n) is 5.41. The van der Waals surface area contributed by atoms with Crippen molar-refractivity contribution in [2.45, 2.75) is 52.3 Å². The number of carbonyl (C=O) groups is 4. The van der Waals surface area contributed by atoms with Gasteiger partial charge >= 0.3 is 12.1 Å². The molecule has 182 valence electrons. The second-order valence-corrected chi connectivity index (χ2v) is 8.10. The predicted molar refractivity (Wildman–Crippen MR) is 127 cm³/mol. The van der Waals surface area contributed by atoms with Crippen LogP contribution < -0.4 is 10.6 Å². The summed E-state index contributed by atoms with van der Waals surface area (Å²) in [6, 6.07) is 16.7. The van der Waals surface area contributed by atoms with Crippen LogP contribution in [-0.4, -0.2) is 42.4 Å². The molecule has 2 rings (SSSR count). The minimum atomic E-state index is -0.978. The number of Topliss-reactive ketones (excluding diaryl/α,β-unsaturated/α-hetero) is 1. The topological polar surface area (TPSA) is 111 Å². The fourth-order valence-electron chi connectivity index (χ4n) is 3.17. The first-order valence-electron chi connectivity index (χ1n) is 11.3. The molecule has 2 aromatic rings. The molecule has 0 unspecified atom stereocenters. The van der Waals surface area contributed by atoms with Crippen LogP contribution in [0.5, 0.6) is 0 Å². The standard InChI is InChI=1S/C26H32N2O6/c1-4-18(2)24(28-26(32)34-16-21-13-9-6-10-14-21)25(31)33-17-23(30)27-22(19(3)29)15-20-11-7-5-8-12-20/h5-14,18,22,24H,4,15-17H2,1-3H3,(H,27,30)(H,28,32)/t18-,22-,24-/m0/s1. The lowest BCUT2D eigenvalue weighted by Crippen LogP contribution is -2.48. The molecule has 0 aliphatic heterocycles. The van der Waals surface area contributed by atoms with Crippen LogP contribution in [0.2, 0.25) is 0 Å². The van der Waals surface area contributed by atoms with E-state index in [1.807, 2.05) is 67.6 Å². The van der Waals surface area contributed by atoms with E-state index in [1.165, 1.54) is 6.92 Å². The lowest BCUT2D eigenvalue weighted by atomic mass is 9.99. The average molecular weight is 469 g/mol. The van der Waals surface area contributed by atoms with Crippen LogP contribution in [0.1, 0.15) is 38.3 Å². The second kappa shape index (κ2) is 13.8. The first kappa shape index (κ1) is 26.6. The smallest absolute Gasteiger partial charge is 0.408 e. The zero-order valence-corrected chi connectivity index (χ0v) is 19.8. The Hall–Kier alpha value is -3.68. The van der Waals surface area contributed by atoms with Crippen LogP contribution in [0.4, 0.5) is 4.79 Å². The third kappa shape index (κ3) is 9.05. The highest BCUT2D eigenvalue weighted by molar-refractivity contribution is 5.89. The van der Waals surface area contributed by atoms with Crippen LogP contribution in [0, 0.1) is 5.92 Å². The van der Waals surface area contributed by atoms with E-state index in [9.17, 15) is 19.2 Å².